The lowest BCUT2D eigenvalue weighted by atomic mass is 10.1. The molecular weight excluding hydrogens is 301 g/mol. The van der Waals surface area contributed by atoms with E-state index in [0.717, 1.165) is 0 Å². The molecule has 0 unspecified atom stereocenters. The van der Waals surface area contributed by atoms with E-state index in [9.17, 15) is 19.4 Å². The van der Waals surface area contributed by atoms with Gasteiger partial charge in [0.2, 0.25) is 6.41 Å². The molecule has 0 aliphatic rings. The highest BCUT2D eigenvalue weighted by molar-refractivity contribution is 5.76. The Bertz CT molecular complexity index is 860. The van der Waals surface area contributed by atoms with Crippen molar-refractivity contribution in [2.75, 3.05) is 5.32 Å². The van der Waals surface area contributed by atoms with Gasteiger partial charge < -0.3 is 15.5 Å². The molecule has 1 amide bonds. The van der Waals surface area contributed by atoms with Gasteiger partial charge in [0.05, 0.1) is 11.4 Å². The lowest BCUT2D eigenvalue weighted by Gasteiger charge is -2.05. The van der Waals surface area contributed by atoms with Crippen molar-refractivity contribution in [3.8, 4) is 28.4 Å². The molecule has 7 heteroatoms. The molecule has 0 bridgehead atoms. The van der Waals surface area contributed by atoms with Gasteiger partial charge in [0, 0.05) is 17.7 Å². The van der Waals surface area contributed by atoms with Gasteiger partial charge in [0.1, 0.15) is 23.1 Å². The highest BCUT2D eigenvalue weighted by Gasteiger charge is 2.14. The fourth-order valence-corrected chi connectivity index (χ4v) is 2.19. The minimum absolute atomic E-state index is 0.0737. The van der Waals surface area contributed by atoms with E-state index >= 15 is 0 Å². The Morgan fingerprint density at radius 3 is 2.48 bits per heavy atom. The number of carbonyl (C=O) groups is 1. The maximum Gasteiger partial charge on any atom is 0.212 e. The number of nitrogens with one attached hydrogen (secondary N) is 1. The Morgan fingerprint density at radius 1 is 1.09 bits per heavy atom. The number of hydrogen-bond acceptors (Lipinski definition) is 4. The van der Waals surface area contributed by atoms with Gasteiger partial charge in [-0.15, -0.1) is 0 Å². The molecule has 0 spiro atoms. The van der Waals surface area contributed by atoms with Gasteiger partial charge in [-0.25, -0.2) is 9.07 Å². The van der Waals surface area contributed by atoms with E-state index in [1.165, 1.54) is 47.1 Å². The number of anilines is 1. The smallest absolute Gasteiger partial charge is 0.212 e. The van der Waals surface area contributed by atoms with Crippen molar-refractivity contribution >= 4 is 12.2 Å². The first-order valence-corrected chi connectivity index (χ1v) is 6.67. The van der Waals surface area contributed by atoms with E-state index in [-0.39, 0.29) is 17.3 Å². The van der Waals surface area contributed by atoms with Crippen LogP contribution in [0.2, 0.25) is 0 Å². The zero-order chi connectivity index (χ0) is 16.4. The van der Waals surface area contributed by atoms with E-state index in [2.05, 4.69) is 10.4 Å². The van der Waals surface area contributed by atoms with Gasteiger partial charge in [-0.2, -0.15) is 5.10 Å². The summed E-state index contributed by atoms with van der Waals surface area (Å²) in [6.45, 7) is 0. The van der Waals surface area contributed by atoms with Gasteiger partial charge in [-0.3, -0.25) is 4.79 Å². The second-order valence-electron chi connectivity index (χ2n) is 4.77. The molecule has 0 aliphatic heterocycles. The van der Waals surface area contributed by atoms with Crippen LogP contribution in [0.1, 0.15) is 0 Å². The Balaban J connectivity index is 2.11. The van der Waals surface area contributed by atoms with Crippen LogP contribution in [0.4, 0.5) is 10.2 Å². The number of amides is 1. The van der Waals surface area contributed by atoms with Crippen molar-refractivity contribution in [1.82, 2.24) is 9.78 Å². The largest absolute Gasteiger partial charge is 0.508 e. The summed E-state index contributed by atoms with van der Waals surface area (Å²) in [4.78, 5) is 10.8. The molecule has 3 N–H and O–H groups in total. The fourth-order valence-electron chi connectivity index (χ4n) is 2.19. The average Bonchev–Trinajstić information content (AvgIpc) is 2.92. The van der Waals surface area contributed by atoms with E-state index in [1.807, 2.05) is 0 Å². The Kier molecular flexibility index (Phi) is 3.68. The van der Waals surface area contributed by atoms with Crippen molar-refractivity contribution in [3.05, 3.63) is 54.3 Å². The molecule has 0 saturated carbocycles. The van der Waals surface area contributed by atoms with Gasteiger partial charge in [-0.1, -0.05) is 0 Å². The lowest BCUT2D eigenvalue weighted by Crippen LogP contribution is -2.04. The molecule has 0 fully saturated rings. The molecule has 1 heterocycles. The SMILES string of the molecule is O=CNc1cc(-c2ccc(O)cc2O)nn1-c1ccc(F)cc1. The summed E-state index contributed by atoms with van der Waals surface area (Å²) >= 11 is 0. The number of nitrogens with zero attached hydrogens (tertiary/aromatic N) is 2. The summed E-state index contributed by atoms with van der Waals surface area (Å²) in [5.41, 5.74) is 1.31. The average molecular weight is 313 g/mol. The third kappa shape index (κ3) is 2.84. The second-order valence-corrected chi connectivity index (χ2v) is 4.77. The predicted octanol–water partition coefficient (Wildman–Crippen LogP) is 2.66. The first-order valence-electron chi connectivity index (χ1n) is 6.67. The summed E-state index contributed by atoms with van der Waals surface area (Å²) < 4.78 is 14.5. The molecule has 0 radical (unpaired) electrons. The molecule has 3 aromatic rings. The molecule has 116 valence electrons. The van der Waals surface area contributed by atoms with E-state index in [4.69, 9.17) is 0 Å². The number of benzene rings is 2. The van der Waals surface area contributed by atoms with Crippen LogP contribution in [0, 0.1) is 5.82 Å². The van der Waals surface area contributed by atoms with Crippen molar-refractivity contribution in [3.63, 3.8) is 0 Å². The summed E-state index contributed by atoms with van der Waals surface area (Å²) in [5.74, 6) is -0.252. The molecule has 6 nitrogen and oxygen atoms in total. The quantitative estimate of drug-likeness (QED) is 0.646. The maximum atomic E-state index is 13.1. The van der Waals surface area contributed by atoms with Crippen LogP contribution in [0.3, 0.4) is 0 Å². The Labute approximate surface area is 130 Å². The molecule has 3 rings (SSSR count). The Morgan fingerprint density at radius 2 is 1.83 bits per heavy atom. The van der Waals surface area contributed by atoms with Crippen LogP contribution in [-0.2, 0) is 4.79 Å². The number of carbonyl (C=O) groups excluding carboxylic acids is 1. The number of phenols is 2. The van der Waals surface area contributed by atoms with Crippen molar-refractivity contribution in [2.24, 2.45) is 0 Å². The topological polar surface area (TPSA) is 87.4 Å². The number of hydrogen-bond donors (Lipinski definition) is 3. The van der Waals surface area contributed by atoms with Gasteiger partial charge in [0.25, 0.3) is 0 Å². The van der Waals surface area contributed by atoms with E-state index in [1.54, 1.807) is 6.07 Å². The second kappa shape index (κ2) is 5.80. The summed E-state index contributed by atoms with van der Waals surface area (Å²) in [6, 6.07) is 11.3. The van der Waals surface area contributed by atoms with Crippen LogP contribution in [0.5, 0.6) is 11.5 Å². The van der Waals surface area contributed by atoms with Crippen molar-refractivity contribution < 1.29 is 19.4 Å². The summed E-state index contributed by atoms with van der Waals surface area (Å²) in [6.07, 6.45) is 0.498. The summed E-state index contributed by atoms with van der Waals surface area (Å²) in [5, 5.41) is 26.1. The van der Waals surface area contributed by atoms with E-state index in [0.29, 0.717) is 29.2 Å². The minimum atomic E-state index is -0.387. The van der Waals surface area contributed by atoms with Crippen LogP contribution < -0.4 is 5.32 Å². The van der Waals surface area contributed by atoms with Gasteiger partial charge in [-0.05, 0) is 36.4 Å². The molecule has 2 aromatic carbocycles. The third-order valence-corrected chi connectivity index (χ3v) is 3.24. The van der Waals surface area contributed by atoms with Crippen molar-refractivity contribution in [1.29, 1.82) is 0 Å². The zero-order valence-electron chi connectivity index (χ0n) is 11.8. The Hall–Kier alpha value is -3.35. The van der Waals surface area contributed by atoms with Crippen LogP contribution in [0.15, 0.2) is 48.5 Å². The number of aromatic hydroxyl groups is 2. The standard InChI is InChI=1S/C16H12FN3O3/c17-10-1-3-11(4-2-10)20-16(18-9-21)8-14(19-20)13-6-5-12(22)7-15(13)23/h1-9,22-23H,(H,18,21). The molecule has 0 saturated heterocycles. The molecular formula is C16H12FN3O3. The first-order chi connectivity index (χ1) is 11.1. The van der Waals surface area contributed by atoms with Gasteiger partial charge in [0.15, 0.2) is 0 Å². The van der Waals surface area contributed by atoms with E-state index < -0.39 is 0 Å². The minimum Gasteiger partial charge on any atom is -0.508 e. The molecule has 1 aromatic heterocycles. The highest BCUT2D eigenvalue weighted by Crippen LogP contribution is 2.33. The highest BCUT2D eigenvalue weighted by atomic mass is 19.1. The molecule has 0 atom stereocenters. The van der Waals surface area contributed by atoms with Gasteiger partial charge >= 0.3 is 0 Å². The van der Waals surface area contributed by atoms with Crippen LogP contribution in [0.25, 0.3) is 16.9 Å². The molecule has 23 heavy (non-hydrogen) atoms. The van der Waals surface area contributed by atoms with Crippen LogP contribution in [-0.4, -0.2) is 26.4 Å². The van der Waals surface area contributed by atoms with Crippen molar-refractivity contribution in [2.45, 2.75) is 0 Å². The number of halogens is 1. The predicted molar refractivity (Wildman–Crippen MR) is 82.0 cm³/mol. The fraction of sp³-hybridized carbons (Fsp3) is 0. The monoisotopic (exact) mass is 313 g/mol. The maximum absolute atomic E-state index is 13.1. The zero-order valence-corrected chi connectivity index (χ0v) is 11.8. The first kappa shape index (κ1) is 14.6. The number of phenolic OH excluding ortho intramolecular Hbond substituents is 2. The third-order valence-electron chi connectivity index (χ3n) is 3.24. The summed E-state index contributed by atoms with van der Waals surface area (Å²) in [7, 11) is 0. The van der Waals surface area contributed by atoms with Crippen LogP contribution >= 0.6 is 0 Å². The molecule has 0 aliphatic carbocycles. The number of aromatic nitrogens is 2. The normalized spacial score (nSPS) is 10.5. The lowest BCUT2D eigenvalue weighted by molar-refractivity contribution is -0.105. The number of rotatable bonds is 4.